The lowest BCUT2D eigenvalue weighted by molar-refractivity contribution is -0.383. The van der Waals surface area contributed by atoms with E-state index in [4.69, 9.17) is 0 Å². The number of aryl methyl sites for hydroxylation is 1. The quantitative estimate of drug-likeness (QED) is 0.485. The largest absolute Gasteiger partial charge is 0.368 e. The summed E-state index contributed by atoms with van der Waals surface area (Å²) in [6.45, 7) is 4.66. The second-order valence-corrected chi connectivity index (χ2v) is 7.60. The summed E-state index contributed by atoms with van der Waals surface area (Å²) in [6.07, 6.45) is 0. The number of nitrogens with zero attached hydrogens (tertiary/aromatic N) is 3. The van der Waals surface area contributed by atoms with Crippen LogP contribution in [0, 0.1) is 17.0 Å². The van der Waals surface area contributed by atoms with Crippen molar-refractivity contribution < 1.29 is 9.72 Å². The monoisotopic (exact) mass is 416 g/mol. The number of carbonyl (C=O) groups excluding carboxylic acids is 1. The van der Waals surface area contributed by atoms with Gasteiger partial charge < -0.3 is 15.1 Å². The molecule has 31 heavy (non-hydrogen) atoms. The van der Waals surface area contributed by atoms with E-state index in [1.165, 1.54) is 11.6 Å². The van der Waals surface area contributed by atoms with Gasteiger partial charge in [-0.25, -0.2) is 0 Å². The molecule has 1 fully saturated rings. The summed E-state index contributed by atoms with van der Waals surface area (Å²) < 4.78 is 0. The predicted molar refractivity (Wildman–Crippen MR) is 122 cm³/mol. The van der Waals surface area contributed by atoms with E-state index in [2.05, 4.69) is 35.3 Å². The van der Waals surface area contributed by atoms with E-state index >= 15 is 0 Å². The number of carbonyl (C=O) groups is 1. The standard InChI is InChI=1S/C24H24N4O3/c1-18-6-5-9-21(16-18)26-12-14-27(15-13-26)24(29)19-10-11-22(23(17-19)28(30)31)25-20-7-3-2-4-8-20/h2-11,16-17,25H,12-15H2,1H3. The summed E-state index contributed by atoms with van der Waals surface area (Å²) in [4.78, 5) is 28.2. The maximum absolute atomic E-state index is 13.0. The molecule has 158 valence electrons. The first kappa shape index (κ1) is 20.4. The Morgan fingerprint density at radius 2 is 1.68 bits per heavy atom. The summed E-state index contributed by atoms with van der Waals surface area (Å²) in [7, 11) is 0. The van der Waals surface area contributed by atoms with Gasteiger partial charge in [0.25, 0.3) is 11.6 Å². The van der Waals surface area contributed by atoms with Crippen LogP contribution < -0.4 is 10.2 Å². The Morgan fingerprint density at radius 3 is 2.35 bits per heavy atom. The van der Waals surface area contributed by atoms with Gasteiger partial charge in [0.1, 0.15) is 5.69 Å². The molecule has 7 nitrogen and oxygen atoms in total. The Labute approximate surface area is 181 Å². The van der Waals surface area contributed by atoms with Crippen LogP contribution in [0.15, 0.2) is 72.8 Å². The number of hydrogen-bond acceptors (Lipinski definition) is 5. The van der Waals surface area contributed by atoms with Crippen LogP contribution in [0.4, 0.5) is 22.7 Å². The molecule has 0 atom stereocenters. The molecule has 1 heterocycles. The molecule has 4 rings (SSSR count). The van der Waals surface area contributed by atoms with Gasteiger partial charge >= 0.3 is 0 Å². The van der Waals surface area contributed by atoms with Gasteiger partial charge in [-0.2, -0.15) is 0 Å². The van der Waals surface area contributed by atoms with Crippen molar-refractivity contribution in [1.29, 1.82) is 0 Å². The van der Waals surface area contributed by atoms with Gasteiger partial charge in [0.05, 0.1) is 4.92 Å². The summed E-state index contributed by atoms with van der Waals surface area (Å²) in [6, 6.07) is 22.2. The molecule has 0 bridgehead atoms. The Hall–Kier alpha value is -3.87. The van der Waals surface area contributed by atoms with Crippen molar-refractivity contribution in [1.82, 2.24) is 4.90 Å². The van der Waals surface area contributed by atoms with Crippen LogP contribution in [0.5, 0.6) is 0 Å². The third-order valence-corrected chi connectivity index (χ3v) is 5.43. The Kier molecular flexibility index (Phi) is 5.84. The highest BCUT2D eigenvalue weighted by Crippen LogP contribution is 2.29. The zero-order chi connectivity index (χ0) is 21.8. The van der Waals surface area contributed by atoms with Gasteiger partial charge in [-0.05, 0) is 48.9 Å². The fourth-order valence-electron chi connectivity index (χ4n) is 3.77. The Balaban J connectivity index is 1.47. The Bertz CT molecular complexity index is 1090. The summed E-state index contributed by atoms with van der Waals surface area (Å²) in [5.41, 5.74) is 3.67. The van der Waals surface area contributed by atoms with E-state index in [0.717, 1.165) is 24.5 Å². The van der Waals surface area contributed by atoms with E-state index in [-0.39, 0.29) is 11.6 Å². The number of nitrogens with one attached hydrogen (secondary N) is 1. The predicted octanol–water partition coefficient (Wildman–Crippen LogP) is 4.61. The molecule has 3 aromatic carbocycles. The number of amides is 1. The van der Waals surface area contributed by atoms with Crippen LogP contribution in [0.2, 0.25) is 0 Å². The van der Waals surface area contributed by atoms with Crippen molar-refractivity contribution in [3.63, 3.8) is 0 Å². The molecule has 0 aromatic heterocycles. The van der Waals surface area contributed by atoms with Gasteiger partial charge in [-0.1, -0.05) is 30.3 Å². The minimum Gasteiger partial charge on any atom is -0.368 e. The number of piperazine rings is 1. The second-order valence-electron chi connectivity index (χ2n) is 7.60. The highest BCUT2D eigenvalue weighted by Gasteiger charge is 2.25. The molecule has 3 aromatic rings. The fraction of sp³-hybridized carbons (Fsp3) is 0.208. The molecule has 0 unspecified atom stereocenters. The van der Waals surface area contributed by atoms with Crippen LogP contribution in [0.1, 0.15) is 15.9 Å². The van der Waals surface area contributed by atoms with Crippen LogP contribution in [0.25, 0.3) is 0 Å². The van der Waals surface area contributed by atoms with Crippen molar-refractivity contribution in [3.8, 4) is 0 Å². The average Bonchev–Trinajstić information content (AvgIpc) is 2.79. The Morgan fingerprint density at radius 1 is 0.935 bits per heavy atom. The average molecular weight is 416 g/mol. The first-order chi connectivity index (χ1) is 15.0. The highest BCUT2D eigenvalue weighted by atomic mass is 16.6. The summed E-state index contributed by atoms with van der Waals surface area (Å²) >= 11 is 0. The maximum atomic E-state index is 13.0. The number of benzene rings is 3. The number of para-hydroxylation sites is 1. The summed E-state index contributed by atoms with van der Waals surface area (Å²) in [5, 5.41) is 14.7. The molecule has 0 aliphatic carbocycles. The van der Waals surface area contributed by atoms with Gasteiger partial charge in [0.2, 0.25) is 0 Å². The highest BCUT2D eigenvalue weighted by molar-refractivity contribution is 5.96. The van der Waals surface area contributed by atoms with Crippen LogP contribution >= 0.6 is 0 Å². The molecule has 7 heteroatoms. The van der Waals surface area contributed by atoms with Crippen molar-refractivity contribution in [2.75, 3.05) is 36.4 Å². The molecule has 1 saturated heterocycles. The smallest absolute Gasteiger partial charge is 0.293 e. The number of nitro groups is 1. The van der Waals surface area contributed by atoms with E-state index < -0.39 is 4.92 Å². The zero-order valence-corrected chi connectivity index (χ0v) is 17.3. The van der Waals surface area contributed by atoms with E-state index in [0.29, 0.717) is 24.3 Å². The zero-order valence-electron chi connectivity index (χ0n) is 17.3. The van der Waals surface area contributed by atoms with Gasteiger partial charge in [-0.3, -0.25) is 14.9 Å². The molecular formula is C24H24N4O3. The van der Waals surface area contributed by atoms with Gasteiger partial charge in [-0.15, -0.1) is 0 Å². The topological polar surface area (TPSA) is 78.7 Å². The van der Waals surface area contributed by atoms with Gasteiger partial charge in [0, 0.05) is 49.2 Å². The van der Waals surface area contributed by atoms with Gasteiger partial charge in [0.15, 0.2) is 0 Å². The third-order valence-electron chi connectivity index (χ3n) is 5.43. The van der Waals surface area contributed by atoms with Crippen molar-refractivity contribution >= 4 is 28.7 Å². The van der Waals surface area contributed by atoms with Crippen LogP contribution in [0.3, 0.4) is 0 Å². The minimum absolute atomic E-state index is 0.118. The summed E-state index contributed by atoms with van der Waals surface area (Å²) in [5.74, 6) is -0.182. The lowest BCUT2D eigenvalue weighted by Gasteiger charge is -2.36. The molecule has 0 radical (unpaired) electrons. The lowest BCUT2D eigenvalue weighted by atomic mass is 10.1. The molecule has 0 spiro atoms. The number of anilines is 3. The second kappa shape index (κ2) is 8.87. The van der Waals surface area contributed by atoms with E-state index in [9.17, 15) is 14.9 Å². The van der Waals surface area contributed by atoms with Crippen molar-refractivity contribution in [3.05, 3.63) is 94.0 Å². The molecule has 0 saturated carbocycles. The number of nitro benzene ring substituents is 1. The number of hydrogen-bond donors (Lipinski definition) is 1. The molecular weight excluding hydrogens is 392 g/mol. The van der Waals surface area contributed by atoms with E-state index in [1.807, 2.05) is 36.4 Å². The lowest BCUT2D eigenvalue weighted by Crippen LogP contribution is -2.48. The molecule has 1 aliphatic rings. The third kappa shape index (κ3) is 4.66. The minimum atomic E-state index is -0.461. The maximum Gasteiger partial charge on any atom is 0.293 e. The van der Waals surface area contributed by atoms with Crippen LogP contribution in [-0.2, 0) is 0 Å². The molecule has 1 aliphatic heterocycles. The molecule has 1 N–H and O–H groups in total. The molecule has 1 amide bonds. The van der Waals surface area contributed by atoms with Crippen molar-refractivity contribution in [2.24, 2.45) is 0 Å². The normalized spacial score (nSPS) is 13.7. The first-order valence-electron chi connectivity index (χ1n) is 10.2. The van der Waals surface area contributed by atoms with E-state index in [1.54, 1.807) is 17.0 Å². The fourth-order valence-corrected chi connectivity index (χ4v) is 3.77. The first-order valence-corrected chi connectivity index (χ1v) is 10.2. The SMILES string of the molecule is Cc1cccc(N2CCN(C(=O)c3ccc(Nc4ccccc4)c([N+](=O)[O-])c3)CC2)c1. The van der Waals surface area contributed by atoms with Crippen molar-refractivity contribution in [2.45, 2.75) is 6.92 Å². The number of rotatable bonds is 5. The van der Waals surface area contributed by atoms with Crippen LogP contribution in [-0.4, -0.2) is 41.9 Å².